The van der Waals surface area contributed by atoms with E-state index >= 15 is 0 Å². The normalized spacial score (nSPS) is 15.0. The van der Waals surface area contributed by atoms with Crippen LogP contribution in [-0.2, 0) is 51.3 Å². The van der Waals surface area contributed by atoms with Crippen molar-refractivity contribution in [2.75, 3.05) is 6.61 Å². The Morgan fingerprint density at radius 3 is 1.69 bits per heavy atom. The maximum absolute atomic E-state index is 13.7. The lowest BCUT2D eigenvalue weighted by molar-refractivity contribution is -0.148. The molecule has 0 aliphatic heterocycles. The molecule has 17 nitrogen and oxygen atoms in total. The molecule has 284 valence electrons. The topological polar surface area (TPSA) is 281 Å². The van der Waals surface area contributed by atoms with Crippen molar-refractivity contribution in [3.63, 3.8) is 0 Å². The maximum Gasteiger partial charge on any atom is 0.328 e. The summed E-state index contributed by atoms with van der Waals surface area (Å²) in [4.78, 5) is 90.3. The minimum absolute atomic E-state index is 0.0102. The second-order valence-electron chi connectivity index (χ2n) is 12.5. The van der Waals surface area contributed by atoms with E-state index in [4.69, 9.17) is 16.2 Å². The molecule has 2 aromatic carbocycles. The van der Waals surface area contributed by atoms with Crippen LogP contribution in [0.4, 0.5) is 0 Å². The van der Waals surface area contributed by atoms with Gasteiger partial charge in [-0.25, -0.2) is 4.79 Å². The van der Waals surface area contributed by atoms with E-state index in [-0.39, 0.29) is 13.0 Å². The van der Waals surface area contributed by atoms with Gasteiger partial charge in [0, 0.05) is 6.42 Å². The van der Waals surface area contributed by atoms with Gasteiger partial charge in [0.15, 0.2) is 0 Å². The Balaban J connectivity index is 2.21. The number of benzene rings is 2. The van der Waals surface area contributed by atoms with Crippen LogP contribution in [0.15, 0.2) is 60.7 Å². The van der Waals surface area contributed by atoms with E-state index in [9.17, 15) is 43.8 Å². The first-order valence-corrected chi connectivity index (χ1v) is 16.6. The van der Waals surface area contributed by atoms with Crippen molar-refractivity contribution in [1.29, 1.82) is 0 Å². The summed E-state index contributed by atoms with van der Waals surface area (Å²) in [5, 5.41) is 31.3. The zero-order chi connectivity index (χ0) is 39.0. The highest BCUT2D eigenvalue weighted by molar-refractivity contribution is 5.98. The van der Waals surface area contributed by atoms with Gasteiger partial charge in [0.1, 0.15) is 42.9 Å². The molecule has 0 saturated heterocycles. The number of nitrogens with two attached hydrogens (primary N) is 2. The SMILES string of the molecule is CC(C)[C@H](NC(=O)[C@H](CC(N)=O)NC(=O)[C@H](CO)NC(=O)[C@@H](N)[C@@H](C)O)C(=O)N[C@@H](Cc1ccccc1)C(=O)N[C@@H](C)C(=O)OCc1ccccc1. The molecule has 0 fully saturated rings. The van der Waals surface area contributed by atoms with Crippen LogP contribution >= 0.6 is 0 Å². The molecule has 0 spiro atoms. The average Bonchev–Trinajstić information content (AvgIpc) is 3.10. The van der Waals surface area contributed by atoms with Gasteiger partial charge in [0.2, 0.25) is 35.4 Å². The Bertz CT molecular complexity index is 1520. The molecule has 2 aromatic rings. The van der Waals surface area contributed by atoms with Crippen LogP contribution in [-0.4, -0.2) is 101 Å². The second kappa shape index (κ2) is 21.1. The molecule has 0 aliphatic carbocycles. The highest BCUT2D eigenvalue weighted by Crippen LogP contribution is 2.09. The summed E-state index contributed by atoms with van der Waals surface area (Å²) in [5.74, 6) is -6.86. The first kappa shape index (κ1) is 42.8. The number of nitrogens with one attached hydrogen (secondary N) is 5. The van der Waals surface area contributed by atoms with E-state index in [2.05, 4.69) is 26.6 Å². The number of esters is 1. The van der Waals surface area contributed by atoms with Crippen LogP contribution in [0.2, 0.25) is 0 Å². The van der Waals surface area contributed by atoms with Gasteiger partial charge in [0.05, 0.1) is 19.1 Å². The molecular formula is C35H49N7O10. The summed E-state index contributed by atoms with van der Waals surface area (Å²) in [6.45, 7) is 4.95. The Morgan fingerprint density at radius 2 is 1.17 bits per heavy atom. The zero-order valence-corrected chi connectivity index (χ0v) is 29.5. The molecule has 0 radical (unpaired) electrons. The minimum atomic E-state index is -1.65. The van der Waals surface area contributed by atoms with Crippen LogP contribution in [0.1, 0.15) is 45.2 Å². The molecular weight excluding hydrogens is 678 g/mol. The van der Waals surface area contributed by atoms with Crippen LogP contribution in [0.25, 0.3) is 0 Å². The quantitative estimate of drug-likeness (QED) is 0.0651. The molecule has 7 atom stereocenters. The van der Waals surface area contributed by atoms with E-state index in [1.165, 1.54) is 13.8 Å². The molecule has 2 rings (SSSR count). The fourth-order valence-corrected chi connectivity index (χ4v) is 4.70. The number of aliphatic hydroxyl groups is 2. The zero-order valence-electron chi connectivity index (χ0n) is 29.5. The molecule has 17 heteroatoms. The van der Waals surface area contributed by atoms with Crippen molar-refractivity contribution < 1.29 is 48.5 Å². The molecule has 0 aliphatic rings. The predicted octanol–water partition coefficient (Wildman–Crippen LogP) is -2.35. The lowest BCUT2D eigenvalue weighted by Gasteiger charge is -2.28. The standard InChI is InChI=1S/C35H49N7O10/c1-19(2)29(42-31(47)25(16-27(36)45)39-32(48)26(17-43)41-33(49)28(37)21(4)44)34(50)40-24(15-22-11-7-5-8-12-22)30(46)38-20(3)35(51)52-18-23-13-9-6-10-14-23/h5-14,19-21,24-26,28-29,43-44H,15-18,37H2,1-4H3,(H2,36,45)(H,38,46)(H,39,48)(H,40,50)(H,41,49)(H,42,47)/t20-,21+,24-,25-,26-,28-,29-/m0/s1. The molecule has 0 saturated carbocycles. The monoisotopic (exact) mass is 727 g/mol. The van der Waals surface area contributed by atoms with Crippen molar-refractivity contribution >= 4 is 41.4 Å². The van der Waals surface area contributed by atoms with Crippen LogP contribution in [0, 0.1) is 5.92 Å². The number of primary amides is 1. The Morgan fingerprint density at radius 1 is 0.673 bits per heavy atom. The number of ether oxygens (including phenoxy) is 1. The Hall–Kier alpha value is -5.39. The summed E-state index contributed by atoms with van der Waals surface area (Å²) in [5.41, 5.74) is 12.3. The fourth-order valence-electron chi connectivity index (χ4n) is 4.70. The third-order valence-corrected chi connectivity index (χ3v) is 7.78. The summed E-state index contributed by atoms with van der Waals surface area (Å²) < 4.78 is 5.32. The number of hydrogen-bond acceptors (Lipinski definition) is 11. The van der Waals surface area contributed by atoms with Gasteiger partial charge < -0.3 is 53.0 Å². The van der Waals surface area contributed by atoms with Gasteiger partial charge in [-0.05, 0) is 30.9 Å². The van der Waals surface area contributed by atoms with Gasteiger partial charge in [-0.3, -0.25) is 28.8 Å². The third kappa shape index (κ3) is 14.1. The molecule has 0 bridgehead atoms. The van der Waals surface area contributed by atoms with Crippen LogP contribution < -0.4 is 38.1 Å². The number of amides is 6. The lowest BCUT2D eigenvalue weighted by Crippen LogP contribution is -2.61. The molecule has 0 aromatic heterocycles. The Labute approximate surface area is 301 Å². The largest absolute Gasteiger partial charge is 0.459 e. The number of aliphatic hydroxyl groups excluding tert-OH is 2. The predicted molar refractivity (Wildman–Crippen MR) is 187 cm³/mol. The van der Waals surface area contributed by atoms with Gasteiger partial charge >= 0.3 is 5.97 Å². The van der Waals surface area contributed by atoms with Crippen LogP contribution in [0.5, 0.6) is 0 Å². The van der Waals surface area contributed by atoms with Crippen molar-refractivity contribution in [3.8, 4) is 0 Å². The van der Waals surface area contributed by atoms with Gasteiger partial charge in [-0.1, -0.05) is 74.5 Å². The van der Waals surface area contributed by atoms with E-state index in [1.54, 1.807) is 68.4 Å². The minimum Gasteiger partial charge on any atom is -0.459 e. The first-order chi connectivity index (χ1) is 24.5. The average molecular weight is 728 g/mol. The van der Waals surface area contributed by atoms with Gasteiger partial charge in [0.25, 0.3) is 0 Å². The summed E-state index contributed by atoms with van der Waals surface area (Å²) >= 11 is 0. The Kier molecular flexibility index (Phi) is 17.3. The highest BCUT2D eigenvalue weighted by atomic mass is 16.5. The van der Waals surface area contributed by atoms with Crippen molar-refractivity contribution in [1.82, 2.24) is 26.6 Å². The number of carbonyl (C=O) groups is 7. The van der Waals surface area contributed by atoms with E-state index in [0.717, 1.165) is 5.56 Å². The van der Waals surface area contributed by atoms with Crippen molar-refractivity contribution in [2.24, 2.45) is 17.4 Å². The van der Waals surface area contributed by atoms with Gasteiger partial charge in [-0.15, -0.1) is 0 Å². The number of rotatable bonds is 20. The number of carbonyl (C=O) groups excluding carboxylic acids is 7. The second-order valence-corrected chi connectivity index (χ2v) is 12.5. The summed E-state index contributed by atoms with van der Waals surface area (Å²) in [7, 11) is 0. The van der Waals surface area contributed by atoms with Crippen LogP contribution in [0.3, 0.4) is 0 Å². The smallest absolute Gasteiger partial charge is 0.328 e. The lowest BCUT2D eigenvalue weighted by atomic mass is 10.00. The summed E-state index contributed by atoms with van der Waals surface area (Å²) in [6, 6.07) is 9.37. The summed E-state index contributed by atoms with van der Waals surface area (Å²) in [6.07, 6.45) is -1.99. The molecule has 0 heterocycles. The first-order valence-electron chi connectivity index (χ1n) is 16.6. The number of hydrogen-bond donors (Lipinski definition) is 9. The molecule has 11 N–H and O–H groups in total. The van der Waals surface area contributed by atoms with Crippen molar-refractivity contribution in [2.45, 2.75) is 89.5 Å². The fraction of sp³-hybridized carbons (Fsp3) is 0.457. The molecule has 0 unspecified atom stereocenters. The molecule has 6 amide bonds. The van der Waals surface area contributed by atoms with E-state index in [1.807, 2.05) is 6.07 Å². The van der Waals surface area contributed by atoms with Gasteiger partial charge in [-0.2, -0.15) is 0 Å². The van der Waals surface area contributed by atoms with E-state index in [0.29, 0.717) is 5.56 Å². The highest BCUT2D eigenvalue weighted by Gasteiger charge is 2.34. The molecule has 52 heavy (non-hydrogen) atoms. The van der Waals surface area contributed by atoms with Crippen molar-refractivity contribution in [3.05, 3.63) is 71.8 Å². The maximum atomic E-state index is 13.7. The third-order valence-electron chi connectivity index (χ3n) is 7.78. The van der Waals surface area contributed by atoms with E-state index < -0.39 is 103 Å².